The number of nitrogens with two attached hydrogens (primary N) is 1. The van der Waals surface area contributed by atoms with Gasteiger partial charge in [-0.25, -0.2) is 8.78 Å². The summed E-state index contributed by atoms with van der Waals surface area (Å²) in [6.45, 7) is 7.01. The van der Waals surface area contributed by atoms with Crippen molar-refractivity contribution in [2.75, 3.05) is 6.54 Å². The van der Waals surface area contributed by atoms with E-state index in [1.807, 2.05) is 6.92 Å². The molecule has 0 aromatic heterocycles. The first kappa shape index (κ1) is 14.7. The summed E-state index contributed by atoms with van der Waals surface area (Å²) in [5.74, 6) is -0.816. The standard InChI is InChI=1S/C15H24F2N2/c1-10(2)19-7-5-12(18)9-14(19)15(3)6-4-11(16)8-13(15)17/h4,8,10,12,14H,5-7,9,18H2,1-3H3/t12-,14+,15?/m1/s1. The van der Waals surface area contributed by atoms with E-state index < -0.39 is 11.2 Å². The van der Waals surface area contributed by atoms with E-state index in [2.05, 4.69) is 18.7 Å². The Hall–Kier alpha value is -0.740. The summed E-state index contributed by atoms with van der Waals surface area (Å²) in [4.78, 5) is 2.31. The second-order valence-corrected chi connectivity index (χ2v) is 6.33. The lowest BCUT2D eigenvalue weighted by Gasteiger charge is -2.49. The molecule has 0 amide bonds. The minimum atomic E-state index is -0.655. The SMILES string of the molecule is CC(C)N1CC[C@@H](N)C[C@H]1C1(C)CC=C(F)C=C1F. The average molecular weight is 270 g/mol. The van der Waals surface area contributed by atoms with Crippen LogP contribution in [0.4, 0.5) is 8.78 Å². The van der Waals surface area contributed by atoms with Gasteiger partial charge in [-0.05, 0) is 39.2 Å². The van der Waals surface area contributed by atoms with Crippen LogP contribution in [0.3, 0.4) is 0 Å². The number of rotatable bonds is 2. The third-order valence-corrected chi connectivity index (χ3v) is 4.61. The highest BCUT2D eigenvalue weighted by atomic mass is 19.1. The topological polar surface area (TPSA) is 29.3 Å². The van der Waals surface area contributed by atoms with Crippen LogP contribution >= 0.6 is 0 Å². The first-order chi connectivity index (χ1) is 8.84. The molecule has 19 heavy (non-hydrogen) atoms. The van der Waals surface area contributed by atoms with Crippen molar-refractivity contribution in [3.8, 4) is 0 Å². The van der Waals surface area contributed by atoms with E-state index >= 15 is 0 Å². The molecule has 2 N–H and O–H groups in total. The van der Waals surface area contributed by atoms with Gasteiger partial charge in [0.25, 0.3) is 0 Å². The van der Waals surface area contributed by atoms with Crippen LogP contribution in [0, 0.1) is 5.41 Å². The van der Waals surface area contributed by atoms with E-state index in [0.717, 1.165) is 25.5 Å². The Labute approximate surface area is 114 Å². The predicted molar refractivity (Wildman–Crippen MR) is 73.9 cm³/mol. The molecule has 3 atom stereocenters. The summed E-state index contributed by atoms with van der Waals surface area (Å²) in [5.41, 5.74) is 5.41. The quantitative estimate of drug-likeness (QED) is 0.834. The molecular formula is C15H24F2N2. The maximum atomic E-state index is 14.3. The second kappa shape index (κ2) is 5.33. The zero-order valence-electron chi connectivity index (χ0n) is 12.0. The van der Waals surface area contributed by atoms with Crippen LogP contribution in [-0.4, -0.2) is 29.6 Å². The number of hydrogen-bond donors (Lipinski definition) is 1. The number of likely N-dealkylation sites (tertiary alicyclic amines) is 1. The van der Waals surface area contributed by atoms with Crippen LogP contribution in [0.25, 0.3) is 0 Å². The molecule has 2 aliphatic rings. The number of halogens is 2. The smallest absolute Gasteiger partial charge is 0.121 e. The van der Waals surface area contributed by atoms with Crippen LogP contribution in [0.2, 0.25) is 0 Å². The van der Waals surface area contributed by atoms with Gasteiger partial charge >= 0.3 is 0 Å². The van der Waals surface area contributed by atoms with Crippen molar-refractivity contribution in [2.24, 2.45) is 11.1 Å². The Morgan fingerprint density at radius 3 is 2.68 bits per heavy atom. The third kappa shape index (κ3) is 2.75. The lowest BCUT2D eigenvalue weighted by Crippen LogP contribution is -2.56. The lowest BCUT2D eigenvalue weighted by atomic mass is 9.71. The molecule has 0 aromatic carbocycles. The van der Waals surface area contributed by atoms with Gasteiger partial charge in [0.05, 0.1) is 0 Å². The zero-order valence-corrected chi connectivity index (χ0v) is 12.0. The Kier molecular flexibility index (Phi) is 4.11. The van der Waals surface area contributed by atoms with E-state index in [1.54, 1.807) is 0 Å². The minimum Gasteiger partial charge on any atom is -0.328 e. The molecule has 0 saturated carbocycles. The van der Waals surface area contributed by atoms with E-state index in [0.29, 0.717) is 12.5 Å². The minimum absolute atomic E-state index is 0.0387. The van der Waals surface area contributed by atoms with Gasteiger partial charge in [-0.3, -0.25) is 4.90 Å². The van der Waals surface area contributed by atoms with Crippen molar-refractivity contribution < 1.29 is 8.78 Å². The molecule has 1 unspecified atom stereocenters. The molecular weight excluding hydrogens is 246 g/mol. The Bertz CT molecular complexity index is 403. The summed E-state index contributed by atoms with van der Waals surface area (Å²) in [6.07, 6.45) is 4.64. The fourth-order valence-electron chi connectivity index (χ4n) is 3.30. The molecule has 2 rings (SSSR count). The lowest BCUT2D eigenvalue weighted by molar-refractivity contribution is 0.0212. The molecule has 1 aliphatic heterocycles. The maximum Gasteiger partial charge on any atom is 0.121 e. The molecule has 2 nitrogen and oxygen atoms in total. The van der Waals surface area contributed by atoms with E-state index in [4.69, 9.17) is 5.73 Å². The van der Waals surface area contributed by atoms with Crippen molar-refractivity contribution in [2.45, 2.75) is 58.2 Å². The van der Waals surface area contributed by atoms with Gasteiger partial charge in [-0.15, -0.1) is 0 Å². The maximum absolute atomic E-state index is 14.3. The molecule has 1 fully saturated rings. The molecule has 1 aliphatic carbocycles. The van der Waals surface area contributed by atoms with Crippen LogP contribution in [0.1, 0.15) is 40.0 Å². The van der Waals surface area contributed by atoms with Crippen LogP contribution in [0.15, 0.2) is 23.8 Å². The number of allylic oxidation sites excluding steroid dienone is 3. The van der Waals surface area contributed by atoms with Gasteiger partial charge in [0.1, 0.15) is 11.7 Å². The molecule has 0 radical (unpaired) electrons. The highest BCUT2D eigenvalue weighted by Crippen LogP contribution is 2.45. The summed E-state index contributed by atoms with van der Waals surface area (Å²) in [7, 11) is 0. The van der Waals surface area contributed by atoms with Gasteiger partial charge in [0.2, 0.25) is 0 Å². The molecule has 4 heteroatoms. The number of hydrogen-bond acceptors (Lipinski definition) is 2. The molecule has 0 bridgehead atoms. The van der Waals surface area contributed by atoms with Gasteiger partial charge in [0, 0.05) is 36.2 Å². The molecule has 1 heterocycles. The van der Waals surface area contributed by atoms with Crippen molar-refractivity contribution in [3.05, 3.63) is 23.8 Å². The number of piperidine rings is 1. The monoisotopic (exact) mass is 270 g/mol. The first-order valence-electron chi connectivity index (χ1n) is 7.09. The molecule has 1 saturated heterocycles. The van der Waals surface area contributed by atoms with Gasteiger partial charge in [-0.1, -0.05) is 6.92 Å². The Balaban J connectivity index is 2.29. The largest absolute Gasteiger partial charge is 0.328 e. The van der Waals surface area contributed by atoms with E-state index in [9.17, 15) is 8.78 Å². The highest BCUT2D eigenvalue weighted by molar-refractivity contribution is 5.27. The fourth-order valence-corrected chi connectivity index (χ4v) is 3.30. The van der Waals surface area contributed by atoms with Crippen LogP contribution < -0.4 is 5.73 Å². The fraction of sp³-hybridized carbons (Fsp3) is 0.733. The van der Waals surface area contributed by atoms with Crippen LogP contribution in [0.5, 0.6) is 0 Å². The molecule has 0 aromatic rings. The normalized spacial score (nSPS) is 37.2. The average Bonchev–Trinajstić information content (AvgIpc) is 2.34. The van der Waals surface area contributed by atoms with Gasteiger partial charge < -0.3 is 5.73 Å². The summed E-state index contributed by atoms with van der Waals surface area (Å²) < 4.78 is 27.5. The van der Waals surface area contributed by atoms with E-state index in [-0.39, 0.29) is 17.9 Å². The molecule has 0 spiro atoms. The Morgan fingerprint density at radius 1 is 1.42 bits per heavy atom. The first-order valence-corrected chi connectivity index (χ1v) is 7.09. The summed E-state index contributed by atoms with van der Waals surface area (Å²) in [5, 5.41) is 0. The van der Waals surface area contributed by atoms with E-state index in [1.165, 1.54) is 6.08 Å². The van der Waals surface area contributed by atoms with Crippen molar-refractivity contribution >= 4 is 0 Å². The van der Waals surface area contributed by atoms with Crippen molar-refractivity contribution in [1.29, 1.82) is 0 Å². The van der Waals surface area contributed by atoms with Crippen LogP contribution in [-0.2, 0) is 0 Å². The Morgan fingerprint density at radius 2 is 2.11 bits per heavy atom. The summed E-state index contributed by atoms with van der Waals surface area (Å²) in [6, 6.07) is 0.495. The van der Waals surface area contributed by atoms with Crippen molar-refractivity contribution in [1.82, 2.24) is 4.90 Å². The highest BCUT2D eigenvalue weighted by Gasteiger charge is 2.45. The number of nitrogens with zero attached hydrogens (tertiary/aromatic N) is 1. The summed E-state index contributed by atoms with van der Waals surface area (Å²) >= 11 is 0. The predicted octanol–water partition coefficient (Wildman–Crippen LogP) is 3.30. The third-order valence-electron chi connectivity index (χ3n) is 4.61. The zero-order chi connectivity index (χ0) is 14.2. The second-order valence-electron chi connectivity index (χ2n) is 6.33. The van der Waals surface area contributed by atoms with Gasteiger partial charge in [-0.2, -0.15) is 0 Å². The van der Waals surface area contributed by atoms with Crippen molar-refractivity contribution in [3.63, 3.8) is 0 Å². The molecule has 108 valence electrons. The van der Waals surface area contributed by atoms with Gasteiger partial charge in [0.15, 0.2) is 0 Å².